The lowest BCUT2D eigenvalue weighted by Gasteiger charge is -2.32. The summed E-state index contributed by atoms with van der Waals surface area (Å²) in [5.41, 5.74) is 3.58. The van der Waals surface area contributed by atoms with E-state index in [2.05, 4.69) is 80.8 Å². The van der Waals surface area contributed by atoms with Crippen molar-refractivity contribution in [1.82, 2.24) is 14.8 Å². The van der Waals surface area contributed by atoms with E-state index in [1.807, 2.05) is 12.1 Å². The van der Waals surface area contributed by atoms with Crippen molar-refractivity contribution in [2.24, 2.45) is 0 Å². The van der Waals surface area contributed by atoms with Crippen molar-refractivity contribution in [3.05, 3.63) is 83.7 Å². The van der Waals surface area contributed by atoms with Crippen molar-refractivity contribution in [3.63, 3.8) is 0 Å². The average molecular weight is 430 g/mol. The fraction of sp³-hybridized carbons (Fsp3) is 0.269. The summed E-state index contributed by atoms with van der Waals surface area (Å²) in [6.45, 7) is 3.38. The van der Waals surface area contributed by atoms with Gasteiger partial charge in [-0.2, -0.15) is 0 Å². The number of amides is 1. The molecule has 1 fully saturated rings. The molecule has 5 rings (SSSR count). The SMILES string of the molecule is O=C(Cn1c(-c2cccs2)cc2ccccc21)NC1CCN(Cc2ccccc2)CC1. The number of benzene rings is 2. The molecule has 158 valence electrons. The van der Waals surface area contributed by atoms with Crippen LogP contribution in [0.25, 0.3) is 21.5 Å². The molecule has 1 saturated heterocycles. The Balaban J connectivity index is 1.23. The van der Waals surface area contributed by atoms with Crippen molar-refractivity contribution in [2.75, 3.05) is 13.1 Å². The Morgan fingerprint density at radius 2 is 1.74 bits per heavy atom. The van der Waals surface area contributed by atoms with E-state index in [0.717, 1.165) is 43.7 Å². The molecule has 31 heavy (non-hydrogen) atoms. The second-order valence-corrected chi connectivity index (χ2v) is 9.20. The molecule has 0 saturated carbocycles. The summed E-state index contributed by atoms with van der Waals surface area (Å²) in [5, 5.41) is 6.55. The van der Waals surface area contributed by atoms with Crippen LogP contribution in [0.1, 0.15) is 18.4 Å². The number of hydrogen-bond acceptors (Lipinski definition) is 3. The quantitative estimate of drug-likeness (QED) is 0.460. The summed E-state index contributed by atoms with van der Waals surface area (Å²) in [6, 6.07) is 25.5. The molecule has 0 aliphatic carbocycles. The summed E-state index contributed by atoms with van der Waals surface area (Å²) < 4.78 is 2.15. The highest BCUT2D eigenvalue weighted by atomic mass is 32.1. The van der Waals surface area contributed by atoms with Gasteiger partial charge in [0.2, 0.25) is 5.91 Å². The van der Waals surface area contributed by atoms with Gasteiger partial charge in [-0.15, -0.1) is 11.3 Å². The van der Waals surface area contributed by atoms with Crippen molar-refractivity contribution >= 4 is 28.1 Å². The van der Waals surface area contributed by atoms with Gasteiger partial charge >= 0.3 is 0 Å². The fourth-order valence-electron chi connectivity index (χ4n) is 4.50. The van der Waals surface area contributed by atoms with Gasteiger partial charge < -0.3 is 9.88 Å². The lowest BCUT2D eigenvalue weighted by molar-refractivity contribution is -0.122. The molecule has 0 atom stereocenters. The van der Waals surface area contributed by atoms with Gasteiger partial charge in [-0.1, -0.05) is 54.6 Å². The minimum atomic E-state index is 0.0978. The van der Waals surface area contributed by atoms with Crippen LogP contribution in [-0.2, 0) is 17.9 Å². The molecule has 2 aromatic heterocycles. The molecule has 1 aliphatic rings. The topological polar surface area (TPSA) is 37.3 Å². The Kier molecular flexibility index (Phi) is 5.87. The predicted molar refractivity (Wildman–Crippen MR) is 128 cm³/mol. The first-order chi connectivity index (χ1) is 15.3. The average Bonchev–Trinajstić information content (AvgIpc) is 3.44. The van der Waals surface area contributed by atoms with Gasteiger partial charge in [0.05, 0.1) is 10.6 Å². The zero-order valence-electron chi connectivity index (χ0n) is 17.5. The first-order valence-corrected chi connectivity index (χ1v) is 11.8. The molecule has 5 heteroatoms. The highest BCUT2D eigenvalue weighted by Crippen LogP contribution is 2.31. The smallest absolute Gasteiger partial charge is 0.240 e. The van der Waals surface area contributed by atoms with Crippen LogP contribution in [0.4, 0.5) is 0 Å². The van der Waals surface area contributed by atoms with E-state index in [9.17, 15) is 4.79 Å². The van der Waals surface area contributed by atoms with Gasteiger partial charge in [0.15, 0.2) is 0 Å². The molecular formula is C26H27N3OS. The van der Waals surface area contributed by atoms with Gasteiger partial charge in [-0.3, -0.25) is 9.69 Å². The zero-order chi connectivity index (χ0) is 21.0. The maximum atomic E-state index is 13.0. The van der Waals surface area contributed by atoms with Gasteiger partial charge in [-0.05, 0) is 42.0 Å². The Morgan fingerprint density at radius 1 is 0.968 bits per heavy atom. The van der Waals surface area contributed by atoms with Gasteiger partial charge in [0, 0.05) is 36.6 Å². The third-order valence-corrected chi connectivity index (χ3v) is 6.98. The van der Waals surface area contributed by atoms with Crippen LogP contribution in [0.2, 0.25) is 0 Å². The van der Waals surface area contributed by atoms with Crippen LogP contribution in [-0.4, -0.2) is 34.5 Å². The Bertz CT molecular complexity index is 1140. The summed E-state index contributed by atoms with van der Waals surface area (Å²) in [5.74, 6) is 0.0978. The molecule has 0 spiro atoms. The van der Waals surface area contributed by atoms with Crippen molar-refractivity contribution < 1.29 is 4.79 Å². The number of carbonyl (C=O) groups is 1. The number of para-hydroxylation sites is 1. The van der Waals surface area contributed by atoms with Crippen LogP contribution in [0, 0.1) is 0 Å². The van der Waals surface area contributed by atoms with Gasteiger partial charge in [0.25, 0.3) is 0 Å². The molecule has 0 bridgehead atoms. The van der Waals surface area contributed by atoms with Crippen LogP contribution in [0.3, 0.4) is 0 Å². The maximum absolute atomic E-state index is 13.0. The third-order valence-electron chi connectivity index (χ3n) is 6.09. The number of nitrogens with one attached hydrogen (secondary N) is 1. The molecule has 1 N–H and O–H groups in total. The number of nitrogens with zero attached hydrogens (tertiary/aromatic N) is 2. The number of aromatic nitrogens is 1. The van der Waals surface area contributed by atoms with E-state index in [-0.39, 0.29) is 11.9 Å². The lowest BCUT2D eigenvalue weighted by Crippen LogP contribution is -2.45. The van der Waals surface area contributed by atoms with E-state index in [1.54, 1.807) is 11.3 Å². The minimum absolute atomic E-state index is 0.0978. The molecule has 3 heterocycles. The Labute approximate surface area is 187 Å². The van der Waals surface area contributed by atoms with Crippen LogP contribution in [0.15, 0.2) is 78.2 Å². The molecule has 1 amide bonds. The maximum Gasteiger partial charge on any atom is 0.240 e. The van der Waals surface area contributed by atoms with E-state index < -0.39 is 0 Å². The summed E-state index contributed by atoms with van der Waals surface area (Å²) in [7, 11) is 0. The van der Waals surface area contributed by atoms with E-state index in [4.69, 9.17) is 0 Å². The van der Waals surface area contributed by atoms with Crippen molar-refractivity contribution in [1.29, 1.82) is 0 Å². The molecule has 2 aromatic carbocycles. The lowest BCUT2D eigenvalue weighted by atomic mass is 10.0. The number of carbonyl (C=O) groups excluding carboxylic acids is 1. The third kappa shape index (κ3) is 4.58. The van der Waals surface area contributed by atoms with Crippen LogP contribution < -0.4 is 5.32 Å². The van der Waals surface area contributed by atoms with Crippen LogP contribution in [0.5, 0.6) is 0 Å². The highest BCUT2D eigenvalue weighted by molar-refractivity contribution is 7.13. The molecule has 1 aliphatic heterocycles. The fourth-order valence-corrected chi connectivity index (χ4v) is 5.25. The van der Waals surface area contributed by atoms with E-state index in [0.29, 0.717) is 6.54 Å². The standard InChI is InChI=1S/C26H27N3OS/c30-26(27-22-12-14-28(15-13-22)18-20-7-2-1-3-8-20)19-29-23-10-5-4-9-21(23)17-24(29)25-11-6-16-31-25/h1-11,16-17,22H,12-15,18-19H2,(H,27,30). The normalized spacial score (nSPS) is 15.4. The summed E-state index contributed by atoms with van der Waals surface area (Å²) in [6.07, 6.45) is 2.01. The molecule has 0 radical (unpaired) electrons. The Hall–Kier alpha value is -2.89. The summed E-state index contributed by atoms with van der Waals surface area (Å²) in [4.78, 5) is 16.6. The first-order valence-electron chi connectivity index (χ1n) is 10.9. The zero-order valence-corrected chi connectivity index (χ0v) is 18.4. The monoisotopic (exact) mass is 429 g/mol. The second kappa shape index (κ2) is 9.08. The number of likely N-dealkylation sites (tertiary alicyclic amines) is 1. The van der Waals surface area contributed by atoms with Gasteiger partial charge in [-0.25, -0.2) is 0 Å². The highest BCUT2D eigenvalue weighted by Gasteiger charge is 2.22. The molecular weight excluding hydrogens is 402 g/mol. The number of rotatable bonds is 6. The van der Waals surface area contributed by atoms with Crippen molar-refractivity contribution in [3.8, 4) is 10.6 Å². The van der Waals surface area contributed by atoms with Gasteiger partial charge in [0.1, 0.15) is 6.54 Å². The number of piperidine rings is 1. The van der Waals surface area contributed by atoms with Crippen LogP contribution >= 0.6 is 11.3 Å². The molecule has 4 nitrogen and oxygen atoms in total. The van der Waals surface area contributed by atoms with E-state index in [1.165, 1.54) is 15.8 Å². The first kappa shape index (κ1) is 20.0. The number of hydrogen-bond donors (Lipinski definition) is 1. The second-order valence-electron chi connectivity index (χ2n) is 8.26. The largest absolute Gasteiger partial charge is 0.352 e. The minimum Gasteiger partial charge on any atom is -0.352 e. The summed E-state index contributed by atoms with van der Waals surface area (Å²) >= 11 is 1.71. The molecule has 4 aromatic rings. The van der Waals surface area contributed by atoms with Crippen molar-refractivity contribution in [2.45, 2.75) is 32.0 Å². The number of thiophene rings is 1. The molecule has 0 unspecified atom stereocenters. The number of fused-ring (bicyclic) bond motifs is 1. The predicted octanol–water partition coefficient (Wildman–Crippen LogP) is 5.15. The van der Waals surface area contributed by atoms with E-state index >= 15 is 0 Å². The Morgan fingerprint density at radius 3 is 2.52 bits per heavy atom.